The molecule has 0 radical (unpaired) electrons. The largest absolute Gasteiger partial charge is 0.391 e. The minimum atomic E-state index is 0.884. The van der Waals surface area contributed by atoms with E-state index in [4.69, 9.17) is 5.73 Å². The Kier molecular flexibility index (Phi) is 2.99. The van der Waals surface area contributed by atoms with Crippen LogP contribution < -0.4 is 5.73 Å². The first-order chi connectivity index (χ1) is 7.36. The van der Waals surface area contributed by atoms with Gasteiger partial charge in [-0.3, -0.25) is 0 Å². The minimum absolute atomic E-state index is 0.884. The molecule has 0 spiro atoms. The molecule has 0 aliphatic carbocycles. The topological polar surface area (TPSA) is 54.7 Å². The predicted molar refractivity (Wildman–Crippen MR) is 64.8 cm³/mol. The van der Waals surface area contributed by atoms with Gasteiger partial charge in [-0.1, -0.05) is 12.1 Å². The zero-order chi connectivity index (χ0) is 10.5. The number of hydrogen-bond acceptors (Lipinski definition) is 3. The van der Waals surface area contributed by atoms with E-state index in [1.54, 1.807) is 17.7 Å². The van der Waals surface area contributed by atoms with Crippen molar-refractivity contribution >= 4 is 27.4 Å². The maximum absolute atomic E-state index is 5.30. The number of aromatic amines is 1. The fourth-order valence-corrected chi connectivity index (χ4v) is 1.64. The summed E-state index contributed by atoms with van der Waals surface area (Å²) in [6.07, 6.45) is 1.70. The molecule has 1 aromatic carbocycles. The molecule has 3 aromatic rings. The Bertz CT molecular complexity index is 483. The summed E-state index contributed by atoms with van der Waals surface area (Å²) in [4.78, 5) is 7.07. The first-order valence-electron chi connectivity index (χ1n) is 4.53. The van der Waals surface area contributed by atoms with Gasteiger partial charge in [0.2, 0.25) is 0 Å². The molecule has 0 unspecified atom stereocenters. The molecule has 0 saturated heterocycles. The van der Waals surface area contributed by atoms with Gasteiger partial charge in [0.05, 0.1) is 22.4 Å². The molecule has 15 heavy (non-hydrogen) atoms. The van der Waals surface area contributed by atoms with Crippen molar-refractivity contribution in [2.24, 2.45) is 0 Å². The highest BCUT2D eigenvalue weighted by Crippen LogP contribution is 2.08. The normalized spacial score (nSPS) is 9.60. The van der Waals surface area contributed by atoms with Crippen molar-refractivity contribution in [2.45, 2.75) is 0 Å². The summed E-state index contributed by atoms with van der Waals surface area (Å²) < 4.78 is 0. The van der Waals surface area contributed by atoms with Crippen molar-refractivity contribution in [1.82, 2.24) is 9.97 Å². The van der Waals surface area contributed by atoms with Crippen molar-refractivity contribution in [2.75, 3.05) is 5.73 Å². The molecule has 0 saturated carbocycles. The van der Waals surface area contributed by atoms with Gasteiger partial charge in [0.25, 0.3) is 0 Å². The Labute approximate surface area is 91.6 Å². The Hall–Kier alpha value is -1.81. The van der Waals surface area contributed by atoms with E-state index in [9.17, 15) is 0 Å². The standard InChI is InChI=1S/C7H6N2.C4H5NS/c1-2-4-7-6(3-1)8-5-9-7;5-4-2-1-3-6-4/h1-5H,(H,8,9);1-3H,5H2. The molecule has 3 nitrogen and oxygen atoms in total. The van der Waals surface area contributed by atoms with Crippen LogP contribution in [-0.2, 0) is 0 Å². The third-order valence-corrected chi connectivity index (χ3v) is 2.57. The molecule has 0 bridgehead atoms. The average Bonchev–Trinajstić information content (AvgIpc) is 2.88. The number of imidazole rings is 1. The number of hydrogen-bond donors (Lipinski definition) is 2. The number of H-pyrrole nitrogens is 1. The van der Waals surface area contributed by atoms with E-state index in [-0.39, 0.29) is 0 Å². The predicted octanol–water partition coefficient (Wildman–Crippen LogP) is 2.89. The third kappa shape index (κ3) is 2.57. The number of nitrogen functional groups attached to an aromatic ring is 1. The average molecular weight is 217 g/mol. The maximum Gasteiger partial charge on any atom is 0.0931 e. The van der Waals surface area contributed by atoms with E-state index in [0.717, 1.165) is 16.0 Å². The zero-order valence-corrected chi connectivity index (χ0v) is 8.87. The molecule has 4 heteroatoms. The van der Waals surface area contributed by atoms with Crippen molar-refractivity contribution < 1.29 is 0 Å². The molecule has 0 aliphatic rings. The van der Waals surface area contributed by atoms with Crippen LogP contribution in [0.4, 0.5) is 5.00 Å². The van der Waals surface area contributed by atoms with Crippen LogP contribution in [0.3, 0.4) is 0 Å². The summed E-state index contributed by atoms with van der Waals surface area (Å²) >= 11 is 1.56. The molecule has 0 atom stereocenters. The van der Waals surface area contributed by atoms with E-state index in [2.05, 4.69) is 9.97 Å². The first-order valence-corrected chi connectivity index (χ1v) is 5.41. The molecule has 0 amide bonds. The number of aromatic nitrogens is 2. The highest BCUT2D eigenvalue weighted by Gasteiger charge is 1.88. The molecule has 0 fully saturated rings. The van der Waals surface area contributed by atoms with Crippen molar-refractivity contribution in [3.8, 4) is 0 Å². The molecule has 3 N–H and O–H groups in total. The second kappa shape index (κ2) is 4.61. The van der Waals surface area contributed by atoms with E-state index in [1.165, 1.54) is 0 Å². The van der Waals surface area contributed by atoms with E-state index in [1.807, 2.05) is 41.8 Å². The summed E-state index contributed by atoms with van der Waals surface area (Å²) in [7, 11) is 0. The number of para-hydroxylation sites is 2. The molecule has 0 aliphatic heterocycles. The summed E-state index contributed by atoms with van der Waals surface area (Å²) in [6.45, 7) is 0. The van der Waals surface area contributed by atoms with Crippen LogP contribution in [0.5, 0.6) is 0 Å². The molecule has 76 valence electrons. The van der Waals surface area contributed by atoms with Crippen LogP contribution in [0.25, 0.3) is 11.0 Å². The number of benzene rings is 1. The van der Waals surface area contributed by atoms with Gasteiger partial charge in [-0.15, -0.1) is 11.3 Å². The Balaban J connectivity index is 0.000000124. The monoisotopic (exact) mass is 217 g/mol. The molecule has 2 heterocycles. The maximum atomic E-state index is 5.30. The molecular formula is C11H11N3S. The summed E-state index contributed by atoms with van der Waals surface area (Å²) in [5.74, 6) is 0. The Morgan fingerprint density at radius 2 is 2.00 bits per heavy atom. The smallest absolute Gasteiger partial charge is 0.0931 e. The lowest BCUT2D eigenvalue weighted by Crippen LogP contribution is -1.72. The lowest BCUT2D eigenvalue weighted by atomic mass is 10.3. The van der Waals surface area contributed by atoms with Gasteiger partial charge in [0.15, 0.2) is 0 Å². The van der Waals surface area contributed by atoms with Gasteiger partial charge >= 0.3 is 0 Å². The SMILES string of the molecule is Nc1cccs1.c1ccc2[nH]cnc2c1. The molecular weight excluding hydrogens is 206 g/mol. The van der Waals surface area contributed by atoms with Gasteiger partial charge in [0, 0.05) is 0 Å². The number of fused-ring (bicyclic) bond motifs is 1. The van der Waals surface area contributed by atoms with Crippen molar-refractivity contribution in [3.05, 3.63) is 48.1 Å². The van der Waals surface area contributed by atoms with Crippen molar-refractivity contribution in [1.29, 1.82) is 0 Å². The van der Waals surface area contributed by atoms with Crippen LogP contribution in [0.2, 0.25) is 0 Å². The van der Waals surface area contributed by atoms with Crippen LogP contribution in [0, 0.1) is 0 Å². The van der Waals surface area contributed by atoms with Gasteiger partial charge in [0.1, 0.15) is 0 Å². The van der Waals surface area contributed by atoms with Crippen LogP contribution >= 0.6 is 11.3 Å². The molecule has 2 aromatic heterocycles. The van der Waals surface area contributed by atoms with Gasteiger partial charge in [-0.05, 0) is 29.6 Å². The summed E-state index contributed by atoms with van der Waals surface area (Å²) in [5.41, 5.74) is 7.42. The number of anilines is 1. The van der Waals surface area contributed by atoms with Gasteiger partial charge in [-0.25, -0.2) is 4.98 Å². The summed E-state index contributed by atoms with van der Waals surface area (Å²) in [5, 5.41) is 2.84. The van der Waals surface area contributed by atoms with E-state index >= 15 is 0 Å². The van der Waals surface area contributed by atoms with Crippen LogP contribution in [0.1, 0.15) is 0 Å². The molecule has 3 rings (SSSR count). The van der Waals surface area contributed by atoms with Gasteiger partial charge < -0.3 is 10.7 Å². The number of nitrogens with one attached hydrogen (secondary N) is 1. The fourth-order valence-electron chi connectivity index (χ4n) is 1.17. The number of thiophene rings is 1. The second-order valence-electron chi connectivity index (χ2n) is 2.94. The van der Waals surface area contributed by atoms with E-state index < -0.39 is 0 Å². The number of nitrogens with two attached hydrogens (primary N) is 1. The number of nitrogens with zero attached hydrogens (tertiary/aromatic N) is 1. The first kappa shape index (κ1) is 9.73. The lowest BCUT2D eigenvalue weighted by molar-refractivity contribution is 1.34. The number of rotatable bonds is 0. The second-order valence-corrected chi connectivity index (χ2v) is 3.91. The fraction of sp³-hybridized carbons (Fsp3) is 0. The minimum Gasteiger partial charge on any atom is -0.391 e. The third-order valence-electron chi connectivity index (χ3n) is 1.87. The highest BCUT2D eigenvalue weighted by atomic mass is 32.1. The Morgan fingerprint density at radius 1 is 1.13 bits per heavy atom. The van der Waals surface area contributed by atoms with Crippen molar-refractivity contribution in [3.63, 3.8) is 0 Å². The van der Waals surface area contributed by atoms with Crippen LogP contribution in [-0.4, -0.2) is 9.97 Å². The summed E-state index contributed by atoms with van der Waals surface area (Å²) in [6, 6.07) is 11.8. The van der Waals surface area contributed by atoms with Crippen LogP contribution in [0.15, 0.2) is 48.1 Å². The van der Waals surface area contributed by atoms with E-state index in [0.29, 0.717) is 0 Å². The quantitative estimate of drug-likeness (QED) is 0.608. The lowest BCUT2D eigenvalue weighted by Gasteiger charge is -1.81. The van der Waals surface area contributed by atoms with Gasteiger partial charge in [-0.2, -0.15) is 0 Å². The zero-order valence-electron chi connectivity index (χ0n) is 8.05. The highest BCUT2D eigenvalue weighted by molar-refractivity contribution is 7.13. The Morgan fingerprint density at radius 3 is 2.60 bits per heavy atom.